The zero-order chi connectivity index (χ0) is 13.2. The van der Waals surface area contributed by atoms with Crippen molar-refractivity contribution in [1.82, 2.24) is 20.1 Å². The molecule has 0 amide bonds. The second-order valence-corrected chi connectivity index (χ2v) is 5.64. The van der Waals surface area contributed by atoms with Crippen LogP contribution in [0.5, 0.6) is 0 Å². The SMILES string of the molecule is CC(C)Cn1cnnc1[C@H]1Cc2ccccc2CN1. The molecule has 0 radical (unpaired) electrons. The predicted octanol–water partition coefficient (Wildman–Crippen LogP) is 2.32. The summed E-state index contributed by atoms with van der Waals surface area (Å²) in [6, 6.07) is 8.89. The van der Waals surface area contributed by atoms with E-state index in [1.165, 1.54) is 11.1 Å². The Morgan fingerprint density at radius 2 is 2.11 bits per heavy atom. The fraction of sp³-hybridized carbons (Fsp3) is 0.467. The van der Waals surface area contributed by atoms with Crippen molar-refractivity contribution in [3.63, 3.8) is 0 Å². The molecule has 4 nitrogen and oxygen atoms in total. The minimum Gasteiger partial charge on any atom is -0.316 e. The Morgan fingerprint density at radius 3 is 2.89 bits per heavy atom. The summed E-state index contributed by atoms with van der Waals surface area (Å²) in [6.07, 6.45) is 2.84. The number of nitrogens with zero attached hydrogens (tertiary/aromatic N) is 3. The van der Waals surface area contributed by atoms with Gasteiger partial charge in [0.1, 0.15) is 12.2 Å². The molecule has 0 saturated heterocycles. The number of nitrogens with one attached hydrogen (secondary N) is 1. The van der Waals surface area contributed by atoms with Crippen LogP contribution in [0.25, 0.3) is 0 Å². The van der Waals surface area contributed by atoms with E-state index in [-0.39, 0.29) is 6.04 Å². The van der Waals surface area contributed by atoms with Crippen molar-refractivity contribution in [3.8, 4) is 0 Å². The van der Waals surface area contributed by atoms with E-state index in [2.05, 4.69) is 58.2 Å². The van der Waals surface area contributed by atoms with Crippen LogP contribution in [0.1, 0.15) is 36.8 Å². The summed E-state index contributed by atoms with van der Waals surface area (Å²) in [5, 5.41) is 12.0. The molecule has 2 aromatic rings. The van der Waals surface area contributed by atoms with Gasteiger partial charge >= 0.3 is 0 Å². The Labute approximate surface area is 113 Å². The van der Waals surface area contributed by atoms with Gasteiger partial charge in [-0.25, -0.2) is 0 Å². The van der Waals surface area contributed by atoms with Gasteiger partial charge < -0.3 is 9.88 Å². The van der Waals surface area contributed by atoms with E-state index < -0.39 is 0 Å². The smallest absolute Gasteiger partial charge is 0.150 e. The molecule has 0 unspecified atom stereocenters. The molecule has 1 aliphatic rings. The van der Waals surface area contributed by atoms with Crippen molar-refractivity contribution in [1.29, 1.82) is 0 Å². The first-order valence-corrected chi connectivity index (χ1v) is 6.92. The maximum atomic E-state index is 4.32. The van der Waals surface area contributed by atoms with Gasteiger partial charge in [-0.15, -0.1) is 10.2 Å². The predicted molar refractivity (Wildman–Crippen MR) is 74.6 cm³/mol. The molecule has 2 heterocycles. The van der Waals surface area contributed by atoms with Crippen LogP contribution in [-0.4, -0.2) is 14.8 Å². The quantitative estimate of drug-likeness (QED) is 0.916. The van der Waals surface area contributed by atoms with Crippen LogP contribution in [0.3, 0.4) is 0 Å². The van der Waals surface area contributed by atoms with Crippen LogP contribution in [0.4, 0.5) is 0 Å². The highest BCUT2D eigenvalue weighted by Gasteiger charge is 2.23. The number of benzene rings is 1. The summed E-state index contributed by atoms with van der Waals surface area (Å²) in [5.41, 5.74) is 2.82. The van der Waals surface area contributed by atoms with E-state index in [1.54, 1.807) is 0 Å². The standard InChI is InChI=1S/C15H20N4/c1-11(2)9-19-10-17-18-15(19)14-7-12-5-3-4-6-13(12)8-16-14/h3-6,10-11,14,16H,7-9H2,1-2H3/t14-/m1/s1. The first kappa shape index (κ1) is 12.4. The zero-order valence-corrected chi connectivity index (χ0v) is 11.5. The molecular formula is C15H20N4. The van der Waals surface area contributed by atoms with Gasteiger partial charge in [0, 0.05) is 13.1 Å². The third-order valence-electron chi connectivity index (χ3n) is 3.60. The van der Waals surface area contributed by atoms with Gasteiger partial charge in [-0.3, -0.25) is 0 Å². The lowest BCUT2D eigenvalue weighted by Crippen LogP contribution is -2.31. The van der Waals surface area contributed by atoms with E-state index in [1.807, 2.05) is 6.33 Å². The van der Waals surface area contributed by atoms with Crippen LogP contribution in [0, 0.1) is 5.92 Å². The third-order valence-corrected chi connectivity index (χ3v) is 3.60. The van der Waals surface area contributed by atoms with E-state index in [4.69, 9.17) is 0 Å². The topological polar surface area (TPSA) is 42.7 Å². The van der Waals surface area contributed by atoms with Crippen molar-refractivity contribution >= 4 is 0 Å². The summed E-state index contributed by atoms with van der Waals surface area (Å²) >= 11 is 0. The summed E-state index contributed by atoms with van der Waals surface area (Å²) in [7, 11) is 0. The lowest BCUT2D eigenvalue weighted by atomic mass is 9.95. The highest BCUT2D eigenvalue weighted by molar-refractivity contribution is 5.30. The minimum absolute atomic E-state index is 0.274. The van der Waals surface area contributed by atoms with Crippen LogP contribution in [0.2, 0.25) is 0 Å². The van der Waals surface area contributed by atoms with E-state index >= 15 is 0 Å². The zero-order valence-electron chi connectivity index (χ0n) is 11.5. The van der Waals surface area contributed by atoms with Crippen LogP contribution < -0.4 is 5.32 Å². The highest BCUT2D eigenvalue weighted by Crippen LogP contribution is 2.24. The average Bonchev–Trinajstić information content (AvgIpc) is 2.85. The Bertz CT molecular complexity index is 559. The Morgan fingerprint density at radius 1 is 1.32 bits per heavy atom. The maximum absolute atomic E-state index is 4.32. The number of hydrogen-bond donors (Lipinski definition) is 1. The molecule has 3 rings (SSSR count). The van der Waals surface area contributed by atoms with E-state index in [9.17, 15) is 0 Å². The normalized spacial score (nSPS) is 18.6. The molecule has 4 heteroatoms. The largest absolute Gasteiger partial charge is 0.316 e. The van der Waals surface area contributed by atoms with Gasteiger partial charge in [0.15, 0.2) is 0 Å². The number of hydrogen-bond acceptors (Lipinski definition) is 3. The molecule has 19 heavy (non-hydrogen) atoms. The number of aromatic nitrogens is 3. The molecular weight excluding hydrogens is 236 g/mol. The minimum atomic E-state index is 0.274. The monoisotopic (exact) mass is 256 g/mol. The van der Waals surface area contributed by atoms with Gasteiger partial charge in [0.05, 0.1) is 6.04 Å². The number of fused-ring (bicyclic) bond motifs is 1. The highest BCUT2D eigenvalue weighted by atomic mass is 15.3. The molecule has 1 aromatic carbocycles. The van der Waals surface area contributed by atoms with Gasteiger partial charge in [0.2, 0.25) is 0 Å². The second kappa shape index (κ2) is 5.13. The van der Waals surface area contributed by atoms with Gasteiger partial charge in [-0.05, 0) is 23.5 Å². The van der Waals surface area contributed by atoms with Crippen LogP contribution in [0.15, 0.2) is 30.6 Å². The molecule has 0 saturated carbocycles. The fourth-order valence-electron chi connectivity index (χ4n) is 2.70. The summed E-state index contributed by atoms with van der Waals surface area (Å²) in [6.45, 7) is 6.32. The first-order valence-electron chi connectivity index (χ1n) is 6.92. The molecule has 1 N–H and O–H groups in total. The van der Waals surface area contributed by atoms with Crippen molar-refractivity contribution < 1.29 is 0 Å². The molecule has 0 fully saturated rings. The molecule has 0 aliphatic carbocycles. The number of rotatable bonds is 3. The van der Waals surface area contributed by atoms with Crippen molar-refractivity contribution in [2.24, 2.45) is 5.92 Å². The molecule has 100 valence electrons. The lowest BCUT2D eigenvalue weighted by Gasteiger charge is -2.26. The van der Waals surface area contributed by atoms with Crippen LogP contribution >= 0.6 is 0 Å². The Balaban J connectivity index is 1.83. The first-order chi connectivity index (χ1) is 9.24. The molecule has 1 atom stereocenters. The maximum Gasteiger partial charge on any atom is 0.150 e. The van der Waals surface area contributed by atoms with Gasteiger partial charge in [-0.1, -0.05) is 38.1 Å². The van der Waals surface area contributed by atoms with Gasteiger partial charge in [0.25, 0.3) is 0 Å². The molecule has 1 aliphatic heterocycles. The molecule has 0 bridgehead atoms. The summed E-state index contributed by atoms with van der Waals surface area (Å²) in [4.78, 5) is 0. The fourth-order valence-corrected chi connectivity index (χ4v) is 2.70. The van der Waals surface area contributed by atoms with Gasteiger partial charge in [-0.2, -0.15) is 0 Å². The summed E-state index contributed by atoms with van der Waals surface area (Å²) < 4.78 is 2.18. The van der Waals surface area contributed by atoms with Crippen molar-refractivity contribution in [3.05, 3.63) is 47.5 Å². The molecule has 1 aromatic heterocycles. The third kappa shape index (κ3) is 2.54. The van der Waals surface area contributed by atoms with Crippen molar-refractivity contribution in [2.75, 3.05) is 0 Å². The Hall–Kier alpha value is -1.68. The van der Waals surface area contributed by atoms with E-state index in [0.717, 1.165) is 25.3 Å². The van der Waals surface area contributed by atoms with Crippen molar-refractivity contribution in [2.45, 2.75) is 39.4 Å². The van der Waals surface area contributed by atoms with E-state index in [0.29, 0.717) is 5.92 Å². The average molecular weight is 256 g/mol. The molecule has 0 spiro atoms. The second-order valence-electron chi connectivity index (χ2n) is 5.64. The Kier molecular flexibility index (Phi) is 3.34. The van der Waals surface area contributed by atoms with Crippen LogP contribution in [-0.2, 0) is 19.5 Å². The summed E-state index contributed by atoms with van der Waals surface area (Å²) in [5.74, 6) is 1.66. The lowest BCUT2D eigenvalue weighted by molar-refractivity contribution is 0.430.